The van der Waals surface area contributed by atoms with Gasteiger partial charge < -0.3 is 9.72 Å². The number of fused-ring (bicyclic) bond motifs is 1. The number of halogens is 1. The Hall–Kier alpha value is -3.45. The van der Waals surface area contributed by atoms with Gasteiger partial charge in [0.25, 0.3) is 0 Å². The Morgan fingerprint density at radius 1 is 1.09 bits per heavy atom. The highest BCUT2D eigenvalue weighted by Gasteiger charge is 2.44. The van der Waals surface area contributed by atoms with Gasteiger partial charge in [0.05, 0.1) is 12.2 Å². The number of aromatic nitrogens is 4. The Balaban J connectivity index is 1.08. The van der Waals surface area contributed by atoms with Gasteiger partial charge >= 0.3 is 0 Å². The Morgan fingerprint density at radius 3 is 2.85 bits per heavy atom. The molecule has 2 saturated carbocycles. The average Bonchev–Trinajstić information content (AvgIpc) is 3.74. The Labute approximate surface area is 196 Å². The van der Waals surface area contributed by atoms with Crippen molar-refractivity contribution in [3.05, 3.63) is 82.9 Å². The first-order valence-electron chi connectivity index (χ1n) is 11.2. The molecular formula is C25H23ClN6O. The third kappa shape index (κ3) is 4.41. The molecule has 3 heterocycles. The van der Waals surface area contributed by atoms with Gasteiger partial charge in [-0.15, -0.1) is 0 Å². The molecule has 3 aromatic heterocycles. The minimum atomic E-state index is -0.0813. The monoisotopic (exact) mass is 458 g/mol. The van der Waals surface area contributed by atoms with Crippen molar-refractivity contribution in [3.8, 4) is 0 Å². The maximum atomic E-state index is 12.7. The number of hydrogen-bond donors (Lipinski definition) is 2. The molecule has 4 aromatic rings. The summed E-state index contributed by atoms with van der Waals surface area (Å²) in [5.74, 6) is 1.69. The van der Waals surface area contributed by atoms with Gasteiger partial charge in [-0.3, -0.25) is 10.1 Å². The largest absolute Gasteiger partial charge is 0.364 e. The SMILES string of the molecule is O=C(Nc1nccc(NCc2cn3cc(C4CC4)ccc3n2)n1)[C@H]1C[C@@H]1c1cccc(Cl)c1. The topological polar surface area (TPSA) is 84.2 Å². The van der Waals surface area contributed by atoms with E-state index in [1.807, 2.05) is 30.5 Å². The van der Waals surface area contributed by atoms with E-state index in [2.05, 4.69) is 48.3 Å². The van der Waals surface area contributed by atoms with Gasteiger partial charge in [-0.05, 0) is 66.5 Å². The number of carbonyl (C=O) groups is 1. The third-order valence-corrected chi connectivity index (χ3v) is 6.55. The molecular weight excluding hydrogens is 436 g/mol. The summed E-state index contributed by atoms with van der Waals surface area (Å²) >= 11 is 6.08. The molecule has 0 aliphatic heterocycles. The summed E-state index contributed by atoms with van der Waals surface area (Å²) in [6.07, 6.45) is 9.22. The summed E-state index contributed by atoms with van der Waals surface area (Å²) in [6, 6.07) is 13.7. The summed E-state index contributed by atoms with van der Waals surface area (Å²) < 4.78 is 2.09. The third-order valence-electron chi connectivity index (χ3n) is 6.32. The van der Waals surface area contributed by atoms with Crippen LogP contribution in [0.15, 0.2) is 61.1 Å². The highest BCUT2D eigenvalue weighted by atomic mass is 35.5. The van der Waals surface area contributed by atoms with E-state index < -0.39 is 0 Å². The minimum Gasteiger partial charge on any atom is -0.364 e. The summed E-state index contributed by atoms with van der Waals surface area (Å²) in [5.41, 5.74) is 4.33. The van der Waals surface area contributed by atoms with Crippen LogP contribution < -0.4 is 10.6 Å². The highest BCUT2D eigenvalue weighted by molar-refractivity contribution is 6.30. The molecule has 1 amide bonds. The Bertz CT molecular complexity index is 1350. The van der Waals surface area contributed by atoms with Crippen molar-refractivity contribution in [2.24, 2.45) is 5.92 Å². The summed E-state index contributed by atoms with van der Waals surface area (Å²) in [7, 11) is 0. The Morgan fingerprint density at radius 2 is 2.00 bits per heavy atom. The van der Waals surface area contributed by atoms with E-state index in [0.717, 1.165) is 23.3 Å². The summed E-state index contributed by atoms with van der Waals surface area (Å²) in [4.78, 5) is 26.0. The van der Waals surface area contributed by atoms with Gasteiger partial charge in [-0.2, -0.15) is 4.98 Å². The molecule has 0 unspecified atom stereocenters. The number of rotatable bonds is 7. The van der Waals surface area contributed by atoms with Gasteiger partial charge in [0.15, 0.2) is 0 Å². The molecule has 0 bridgehead atoms. The van der Waals surface area contributed by atoms with Crippen LogP contribution in [0.25, 0.3) is 5.65 Å². The molecule has 0 radical (unpaired) electrons. The normalized spacial score (nSPS) is 19.4. The second-order valence-electron chi connectivity index (χ2n) is 8.85. The van der Waals surface area contributed by atoms with Crippen molar-refractivity contribution >= 4 is 34.9 Å². The van der Waals surface area contributed by atoms with Crippen LogP contribution in [0.4, 0.5) is 11.8 Å². The first-order valence-corrected chi connectivity index (χ1v) is 11.6. The van der Waals surface area contributed by atoms with E-state index in [4.69, 9.17) is 11.6 Å². The number of benzene rings is 1. The molecule has 1 aromatic carbocycles. The van der Waals surface area contributed by atoms with Crippen molar-refractivity contribution in [3.63, 3.8) is 0 Å². The van der Waals surface area contributed by atoms with Gasteiger partial charge in [0.1, 0.15) is 11.5 Å². The number of imidazole rings is 1. The van der Waals surface area contributed by atoms with Crippen molar-refractivity contribution in [1.29, 1.82) is 0 Å². The lowest BCUT2D eigenvalue weighted by Gasteiger charge is -2.07. The van der Waals surface area contributed by atoms with E-state index in [0.29, 0.717) is 29.3 Å². The smallest absolute Gasteiger partial charge is 0.231 e. The predicted octanol–water partition coefficient (Wildman–Crippen LogP) is 5.01. The van der Waals surface area contributed by atoms with Crippen LogP contribution in [0.5, 0.6) is 0 Å². The summed E-state index contributed by atoms with van der Waals surface area (Å²) in [6.45, 7) is 0.532. The van der Waals surface area contributed by atoms with Crippen LogP contribution in [0, 0.1) is 5.92 Å². The molecule has 2 aliphatic rings. The van der Waals surface area contributed by atoms with Crippen LogP contribution in [-0.2, 0) is 11.3 Å². The fourth-order valence-electron chi connectivity index (χ4n) is 4.30. The summed E-state index contributed by atoms with van der Waals surface area (Å²) in [5, 5.41) is 6.81. The standard InChI is InChI=1S/C25H23ClN6O/c26-18-3-1-2-16(10-18)20-11-21(20)24(33)31-25-27-9-8-22(30-25)28-12-19-14-32-13-17(15-4-5-15)6-7-23(32)29-19/h1-3,6-10,13-15,20-21H,4-5,11-12H2,(H2,27,28,30,31,33)/t20-,21+/m1/s1. The van der Waals surface area contributed by atoms with Crippen LogP contribution >= 0.6 is 11.6 Å². The zero-order valence-electron chi connectivity index (χ0n) is 17.9. The van der Waals surface area contributed by atoms with Crippen molar-refractivity contribution in [2.75, 3.05) is 10.6 Å². The highest BCUT2D eigenvalue weighted by Crippen LogP contribution is 2.48. The number of carbonyl (C=O) groups excluding carboxylic acids is 1. The van der Waals surface area contributed by atoms with Crippen LogP contribution in [0.3, 0.4) is 0 Å². The fourth-order valence-corrected chi connectivity index (χ4v) is 4.50. The van der Waals surface area contributed by atoms with Gasteiger partial charge in [0, 0.05) is 29.5 Å². The van der Waals surface area contributed by atoms with Crippen molar-refractivity contribution in [1.82, 2.24) is 19.4 Å². The van der Waals surface area contributed by atoms with Gasteiger partial charge in [-0.1, -0.05) is 29.8 Å². The Kier molecular flexibility index (Phi) is 4.99. The molecule has 8 heteroatoms. The average molecular weight is 459 g/mol. The predicted molar refractivity (Wildman–Crippen MR) is 127 cm³/mol. The van der Waals surface area contributed by atoms with Crippen molar-refractivity contribution < 1.29 is 4.79 Å². The molecule has 166 valence electrons. The van der Waals surface area contributed by atoms with Crippen molar-refractivity contribution in [2.45, 2.75) is 37.6 Å². The molecule has 0 saturated heterocycles. The lowest BCUT2D eigenvalue weighted by molar-refractivity contribution is -0.117. The minimum absolute atomic E-state index is 0.0658. The zero-order chi connectivity index (χ0) is 22.4. The molecule has 0 spiro atoms. The van der Waals surface area contributed by atoms with Crippen LogP contribution in [0.1, 0.15) is 47.9 Å². The maximum absolute atomic E-state index is 12.7. The second kappa shape index (κ2) is 8.15. The number of anilines is 2. The number of amides is 1. The molecule has 2 atom stereocenters. The molecule has 6 rings (SSSR count). The lowest BCUT2D eigenvalue weighted by Crippen LogP contribution is -2.17. The second-order valence-corrected chi connectivity index (χ2v) is 9.28. The van der Waals surface area contributed by atoms with Crippen LogP contribution in [0.2, 0.25) is 5.02 Å². The number of hydrogen-bond acceptors (Lipinski definition) is 5. The van der Waals surface area contributed by atoms with E-state index in [9.17, 15) is 4.79 Å². The molecule has 2 N–H and O–H groups in total. The zero-order valence-corrected chi connectivity index (χ0v) is 18.7. The number of nitrogens with zero attached hydrogens (tertiary/aromatic N) is 4. The van der Waals surface area contributed by atoms with Gasteiger partial charge in [-0.25, -0.2) is 9.97 Å². The first kappa shape index (κ1) is 20.2. The fraction of sp³-hybridized carbons (Fsp3) is 0.280. The maximum Gasteiger partial charge on any atom is 0.231 e. The number of pyridine rings is 1. The van der Waals surface area contributed by atoms with Crippen LogP contribution in [-0.4, -0.2) is 25.3 Å². The number of nitrogens with one attached hydrogen (secondary N) is 2. The quantitative estimate of drug-likeness (QED) is 0.406. The first-order chi connectivity index (χ1) is 16.1. The van der Waals surface area contributed by atoms with E-state index in [1.165, 1.54) is 18.4 Å². The lowest BCUT2D eigenvalue weighted by atomic mass is 10.1. The van der Waals surface area contributed by atoms with E-state index in [-0.39, 0.29) is 17.7 Å². The van der Waals surface area contributed by atoms with Gasteiger partial charge in [0.2, 0.25) is 11.9 Å². The molecule has 7 nitrogen and oxygen atoms in total. The molecule has 33 heavy (non-hydrogen) atoms. The van der Waals surface area contributed by atoms with E-state index in [1.54, 1.807) is 12.3 Å². The molecule has 2 aliphatic carbocycles. The molecule has 2 fully saturated rings. The van der Waals surface area contributed by atoms with E-state index >= 15 is 0 Å².